The zero-order valence-electron chi connectivity index (χ0n) is 6.56. The fourth-order valence-corrected chi connectivity index (χ4v) is 2.76. The number of rotatable bonds is 2. The van der Waals surface area contributed by atoms with Crippen molar-refractivity contribution in [2.75, 3.05) is 0 Å². The van der Waals surface area contributed by atoms with Crippen LogP contribution in [0, 0.1) is 10.1 Å². The number of hydrogen-bond acceptors (Lipinski definition) is 3. The number of carboxylic acids is 1. The minimum absolute atomic E-state index is 0.0463. The third-order valence-electron chi connectivity index (χ3n) is 1.53. The number of benzene rings is 1. The maximum absolute atomic E-state index is 10.6. The molecule has 63 valence electrons. The SMILES string of the molecule is O=C(O)c1ccc([N+](=O)[O-])c[c]1[Hg]. The van der Waals surface area contributed by atoms with Gasteiger partial charge in [-0.2, -0.15) is 0 Å². The number of aromatic carboxylic acids is 1. The number of non-ortho nitro benzene ring substituents is 1. The average molecular weight is 367 g/mol. The van der Waals surface area contributed by atoms with Crippen LogP contribution in [0.2, 0.25) is 0 Å². The van der Waals surface area contributed by atoms with Gasteiger partial charge in [0.25, 0.3) is 0 Å². The van der Waals surface area contributed by atoms with Crippen LogP contribution < -0.4 is 3.07 Å². The van der Waals surface area contributed by atoms with E-state index in [4.69, 9.17) is 5.11 Å². The van der Waals surface area contributed by atoms with Crippen LogP contribution in [0.25, 0.3) is 0 Å². The van der Waals surface area contributed by atoms with Gasteiger partial charge in [0.2, 0.25) is 0 Å². The Morgan fingerprint density at radius 1 is 1.54 bits per heavy atom. The Morgan fingerprint density at radius 3 is 2.54 bits per heavy atom. The van der Waals surface area contributed by atoms with Gasteiger partial charge in [-0.25, -0.2) is 0 Å². The summed E-state index contributed by atoms with van der Waals surface area (Å²) < 4.78 is 0.585. The third kappa shape index (κ3) is 2.24. The van der Waals surface area contributed by atoms with Gasteiger partial charge in [0.05, 0.1) is 0 Å². The quantitative estimate of drug-likeness (QED) is 0.468. The van der Waals surface area contributed by atoms with Crippen LogP contribution in [0.5, 0.6) is 0 Å². The van der Waals surface area contributed by atoms with Crippen molar-refractivity contribution in [3.05, 3.63) is 33.9 Å². The van der Waals surface area contributed by atoms with E-state index in [0.29, 0.717) is 3.07 Å². The van der Waals surface area contributed by atoms with Gasteiger partial charge < -0.3 is 0 Å². The predicted molar refractivity (Wildman–Crippen MR) is 39.7 cm³/mol. The van der Waals surface area contributed by atoms with E-state index in [1.165, 1.54) is 18.2 Å². The fourth-order valence-electron chi connectivity index (χ4n) is 0.902. The number of nitrogens with zero attached hydrogens (tertiary/aromatic N) is 1. The Bertz CT molecular complexity index is 377. The summed E-state index contributed by atoms with van der Waals surface area (Å²) in [7, 11) is 0. The van der Waals surface area contributed by atoms with Crippen molar-refractivity contribution in [1.82, 2.24) is 0 Å². The normalized spacial score (nSPS) is 9.69. The van der Waals surface area contributed by atoms with E-state index in [2.05, 4.69) is 0 Å². The zero-order valence-corrected chi connectivity index (χ0v) is 12.1. The molecule has 5 nitrogen and oxygen atoms in total. The molecule has 0 aromatic heterocycles. The Labute approximate surface area is 89.5 Å². The molecule has 0 atom stereocenters. The van der Waals surface area contributed by atoms with Crippen LogP contribution in [0.15, 0.2) is 18.2 Å². The summed E-state index contributed by atoms with van der Waals surface area (Å²) in [6.45, 7) is 0. The fraction of sp³-hybridized carbons (Fsp3) is 0. The Kier molecular flexibility index (Phi) is 2.97. The molecule has 0 aliphatic heterocycles. The molecular formula is C7H4HgNO4. The second-order valence-electron chi connectivity index (χ2n) is 2.40. The molecule has 0 unspecified atom stereocenters. The number of carboxylic acid groups (broad SMARTS) is 1. The number of hydrogen-bond donors (Lipinski definition) is 1. The van der Waals surface area contributed by atoms with Crippen molar-refractivity contribution in [1.29, 1.82) is 0 Å². The van der Waals surface area contributed by atoms with Crippen LogP contribution in [0.3, 0.4) is 0 Å². The van der Waals surface area contributed by atoms with Crippen molar-refractivity contribution in [3.8, 4) is 0 Å². The van der Waals surface area contributed by atoms with E-state index >= 15 is 0 Å². The molecule has 0 aliphatic rings. The predicted octanol–water partition coefficient (Wildman–Crippen LogP) is 0.465. The molecule has 0 spiro atoms. The van der Waals surface area contributed by atoms with Gasteiger partial charge >= 0.3 is 89.6 Å². The molecule has 1 aromatic rings. The van der Waals surface area contributed by atoms with E-state index in [9.17, 15) is 14.9 Å². The second kappa shape index (κ2) is 3.82. The molecule has 6 heteroatoms. The van der Waals surface area contributed by atoms with Gasteiger partial charge in [0.1, 0.15) is 0 Å². The first-order valence-corrected chi connectivity index (χ1v) is 6.11. The molecule has 0 heterocycles. The summed E-state index contributed by atoms with van der Waals surface area (Å²) >= 11 is 0.0657. The van der Waals surface area contributed by atoms with Gasteiger partial charge in [0.15, 0.2) is 0 Å². The second-order valence-corrected chi connectivity index (χ2v) is 5.37. The molecular weight excluding hydrogens is 363 g/mol. The summed E-state index contributed by atoms with van der Waals surface area (Å²) in [5.41, 5.74) is 0.129. The van der Waals surface area contributed by atoms with Crippen LogP contribution in [-0.2, 0) is 26.1 Å². The average Bonchev–Trinajstić information content (AvgIpc) is 2.03. The van der Waals surface area contributed by atoms with Gasteiger partial charge in [-0.1, -0.05) is 0 Å². The summed E-state index contributed by atoms with van der Waals surface area (Å²) in [6.07, 6.45) is 0. The van der Waals surface area contributed by atoms with E-state index in [1.54, 1.807) is 0 Å². The molecule has 0 saturated carbocycles. The molecule has 0 bridgehead atoms. The Balaban J connectivity index is 3.20. The van der Waals surface area contributed by atoms with Crippen LogP contribution in [-0.4, -0.2) is 16.0 Å². The van der Waals surface area contributed by atoms with E-state index in [0.717, 1.165) is 0 Å². The standard InChI is InChI=1S/C7H4NO4.Hg/c9-7(10)5-1-3-6(4-2-5)8(11)12;/h1,3-4H,(H,9,10);. The number of nitro benzene ring substituents is 1. The zero-order chi connectivity index (χ0) is 10.0. The summed E-state index contributed by atoms with van der Waals surface area (Å²) in [5, 5.41) is 19.0. The molecule has 0 amide bonds. The Hall–Kier alpha value is -0.975. The van der Waals surface area contributed by atoms with E-state index in [1.807, 2.05) is 0 Å². The van der Waals surface area contributed by atoms with Crippen molar-refractivity contribution in [2.24, 2.45) is 0 Å². The molecule has 0 radical (unpaired) electrons. The first kappa shape index (κ1) is 10.1. The van der Waals surface area contributed by atoms with Crippen molar-refractivity contribution < 1.29 is 40.9 Å². The first-order chi connectivity index (χ1) is 6.02. The summed E-state index contributed by atoms with van der Waals surface area (Å²) in [5.74, 6) is -1.03. The van der Waals surface area contributed by atoms with Crippen LogP contribution in [0.4, 0.5) is 5.69 Å². The summed E-state index contributed by atoms with van der Waals surface area (Å²) in [4.78, 5) is 20.4. The van der Waals surface area contributed by atoms with Crippen molar-refractivity contribution in [3.63, 3.8) is 0 Å². The molecule has 13 heavy (non-hydrogen) atoms. The van der Waals surface area contributed by atoms with Crippen LogP contribution >= 0.6 is 0 Å². The van der Waals surface area contributed by atoms with Crippen molar-refractivity contribution in [2.45, 2.75) is 0 Å². The molecule has 0 fully saturated rings. The van der Waals surface area contributed by atoms with E-state index < -0.39 is 10.9 Å². The van der Waals surface area contributed by atoms with Crippen LogP contribution in [0.1, 0.15) is 10.4 Å². The van der Waals surface area contributed by atoms with Gasteiger partial charge in [0, 0.05) is 0 Å². The monoisotopic (exact) mass is 368 g/mol. The number of carbonyl (C=O) groups is 1. The topological polar surface area (TPSA) is 80.4 Å². The first-order valence-electron chi connectivity index (χ1n) is 3.36. The van der Waals surface area contributed by atoms with Gasteiger partial charge in [-0.15, -0.1) is 0 Å². The molecule has 0 aliphatic carbocycles. The number of nitro groups is 1. The maximum atomic E-state index is 10.6. The minimum atomic E-state index is -1.03. The van der Waals surface area contributed by atoms with E-state index in [-0.39, 0.29) is 37.4 Å². The molecule has 0 saturated heterocycles. The van der Waals surface area contributed by atoms with Crippen molar-refractivity contribution >= 4 is 14.7 Å². The molecule has 1 rings (SSSR count). The van der Waals surface area contributed by atoms with Gasteiger partial charge in [-0.05, 0) is 0 Å². The van der Waals surface area contributed by atoms with Gasteiger partial charge in [-0.3, -0.25) is 0 Å². The Morgan fingerprint density at radius 2 is 2.15 bits per heavy atom. The molecule has 1 aromatic carbocycles. The molecule has 1 N–H and O–H groups in total. The summed E-state index contributed by atoms with van der Waals surface area (Å²) in [6, 6.07) is 3.81. The third-order valence-corrected chi connectivity index (χ3v) is 3.80.